The maximum atomic E-state index is 14.1. The average molecular weight is 411 g/mol. The Balaban J connectivity index is 2.55. The third-order valence-corrected chi connectivity index (χ3v) is 4.59. The van der Waals surface area contributed by atoms with Crippen LogP contribution in [0.3, 0.4) is 0 Å². The first kappa shape index (κ1) is 21.7. The standard InChI is InChI=1S/C19H24ClFN4O3/c1-5-7-8-24(6-2)16-9-12(3)22-19(18(16)25(26)27)23-15-11-14(21)17(28-4)10-13(15)20/h9-11H,5-8H2,1-4H3,(H,22,23). The van der Waals surface area contributed by atoms with Crippen LogP contribution in [0.2, 0.25) is 5.02 Å². The molecular weight excluding hydrogens is 387 g/mol. The number of hydrogen-bond acceptors (Lipinski definition) is 6. The van der Waals surface area contributed by atoms with Crippen molar-refractivity contribution in [2.45, 2.75) is 33.6 Å². The number of nitrogens with one attached hydrogen (secondary N) is 1. The van der Waals surface area contributed by atoms with E-state index in [9.17, 15) is 14.5 Å². The van der Waals surface area contributed by atoms with E-state index in [1.165, 1.54) is 13.2 Å². The Morgan fingerprint density at radius 1 is 1.36 bits per heavy atom. The van der Waals surface area contributed by atoms with E-state index in [4.69, 9.17) is 16.3 Å². The molecule has 1 heterocycles. The van der Waals surface area contributed by atoms with Gasteiger partial charge < -0.3 is 15.0 Å². The third-order valence-electron chi connectivity index (χ3n) is 4.28. The van der Waals surface area contributed by atoms with Crippen LogP contribution in [-0.2, 0) is 0 Å². The van der Waals surface area contributed by atoms with Gasteiger partial charge in [-0.05, 0) is 26.3 Å². The molecule has 0 bridgehead atoms. The molecule has 0 aliphatic rings. The Morgan fingerprint density at radius 2 is 2.07 bits per heavy atom. The fourth-order valence-corrected chi connectivity index (χ4v) is 3.06. The number of nitrogens with zero attached hydrogens (tertiary/aromatic N) is 3. The summed E-state index contributed by atoms with van der Waals surface area (Å²) in [5, 5.41) is 14.8. The molecule has 2 rings (SSSR count). The number of unbranched alkanes of at least 4 members (excludes halogenated alkanes) is 1. The number of nitro groups is 1. The van der Waals surface area contributed by atoms with Crippen molar-refractivity contribution in [3.8, 4) is 5.75 Å². The monoisotopic (exact) mass is 410 g/mol. The highest BCUT2D eigenvalue weighted by molar-refractivity contribution is 6.33. The molecule has 2 aromatic rings. The number of methoxy groups -OCH3 is 1. The van der Waals surface area contributed by atoms with Crippen LogP contribution < -0.4 is 15.0 Å². The molecule has 7 nitrogen and oxygen atoms in total. The molecule has 0 aliphatic heterocycles. The normalized spacial score (nSPS) is 10.6. The fraction of sp³-hybridized carbons (Fsp3) is 0.421. The molecule has 0 unspecified atom stereocenters. The van der Waals surface area contributed by atoms with E-state index >= 15 is 0 Å². The lowest BCUT2D eigenvalue weighted by molar-refractivity contribution is -0.383. The predicted molar refractivity (Wildman–Crippen MR) is 110 cm³/mol. The Hall–Kier alpha value is -2.61. The van der Waals surface area contributed by atoms with E-state index < -0.39 is 10.7 Å². The zero-order valence-corrected chi connectivity index (χ0v) is 17.1. The van der Waals surface area contributed by atoms with Crippen molar-refractivity contribution in [3.63, 3.8) is 0 Å². The number of pyridine rings is 1. The van der Waals surface area contributed by atoms with Crippen molar-refractivity contribution >= 4 is 34.5 Å². The van der Waals surface area contributed by atoms with Crippen molar-refractivity contribution in [1.29, 1.82) is 0 Å². The van der Waals surface area contributed by atoms with Gasteiger partial charge in [-0.15, -0.1) is 0 Å². The predicted octanol–water partition coefficient (Wildman–Crippen LogP) is 5.47. The maximum Gasteiger partial charge on any atom is 0.334 e. The summed E-state index contributed by atoms with van der Waals surface area (Å²) in [6.07, 6.45) is 1.88. The number of hydrogen-bond donors (Lipinski definition) is 1. The van der Waals surface area contributed by atoms with Crippen LogP contribution in [-0.4, -0.2) is 30.1 Å². The first-order valence-corrected chi connectivity index (χ1v) is 9.41. The minimum absolute atomic E-state index is 0.0142. The lowest BCUT2D eigenvalue weighted by Gasteiger charge is -2.24. The molecular formula is C19H24ClFN4O3. The Labute approximate surface area is 168 Å². The number of benzene rings is 1. The topological polar surface area (TPSA) is 80.5 Å². The zero-order valence-electron chi connectivity index (χ0n) is 16.4. The van der Waals surface area contributed by atoms with E-state index in [0.29, 0.717) is 24.5 Å². The molecule has 0 amide bonds. The average Bonchev–Trinajstić information content (AvgIpc) is 2.64. The Bertz CT molecular complexity index is 864. The quantitative estimate of drug-likeness (QED) is 0.436. The minimum atomic E-state index is -0.636. The van der Waals surface area contributed by atoms with Gasteiger partial charge in [0.2, 0.25) is 5.82 Å². The highest BCUT2D eigenvalue weighted by atomic mass is 35.5. The first-order chi connectivity index (χ1) is 13.3. The molecule has 1 N–H and O–H groups in total. The molecule has 0 radical (unpaired) electrons. The van der Waals surface area contributed by atoms with Gasteiger partial charge in [0.1, 0.15) is 5.69 Å². The Morgan fingerprint density at radius 3 is 2.64 bits per heavy atom. The first-order valence-electron chi connectivity index (χ1n) is 9.03. The van der Waals surface area contributed by atoms with Crippen molar-refractivity contribution in [3.05, 3.63) is 44.8 Å². The number of anilines is 3. The van der Waals surface area contributed by atoms with Gasteiger partial charge in [-0.25, -0.2) is 9.37 Å². The second-order valence-electron chi connectivity index (χ2n) is 6.26. The molecule has 0 saturated heterocycles. The summed E-state index contributed by atoms with van der Waals surface area (Å²) in [5.74, 6) is -0.635. The lowest BCUT2D eigenvalue weighted by atomic mass is 10.2. The number of rotatable bonds is 9. The largest absolute Gasteiger partial charge is 0.494 e. The summed E-state index contributed by atoms with van der Waals surface area (Å²) >= 11 is 6.18. The van der Waals surface area contributed by atoms with E-state index in [1.807, 2.05) is 11.8 Å². The van der Waals surface area contributed by atoms with Crippen molar-refractivity contribution in [1.82, 2.24) is 4.98 Å². The second kappa shape index (κ2) is 9.54. The second-order valence-corrected chi connectivity index (χ2v) is 6.67. The number of aromatic nitrogens is 1. The molecule has 0 aliphatic carbocycles. The summed E-state index contributed by atoms with van der Waals surface area (Å²) in [4.78, 5) is 17.6. The molecule has 152 valence electrons. The van der Waals surface area contributed by atoms with Gasteiger partial charge in [0.15, 0.2) is 11.6 Å². The van der Waals surface area contributed by atoms with E-state index in [0.717, 1.165) is 18.9 Å². The van der Waals surface area contributed by atoms with Gasteiger partial charge in [0, 0.05) is 30.9 Å². The SMILES string of the molecule is CCCCN(CC)c1cc(C)nc(Nc2cc(F)c(OC)cc2Cl)c1[N+](=O)[O-]. The van der Waals surface area contributed by atoms with E-state index in [1.54, 1.807) is 13.0 Å². The summed E-state index contributed by atoms with van der Waals surface area (Å²) < 4.78 is 19.0. The summed E-state index contributed by atoms with van der Waals surface area (Å²) in [5.41, 5.74) is 1.07. The van der Waals surface area contributed by atoms with Crippen LogP contribution in [0.1, 0.15) is 32.4 Å². The van der Waals surface area contributed by atoms with Crippen LogP contribution in [0, 0.1) is 22.9 Å². The molecule has 9 heteroatoms. The van der Waals surface area contributed by atoms with Crippen molar-refractivity contribution in [2.75, 3.05) is 30.4 Å². The van der Waals surface area contributed by atoms with Crippen LogP contribution in [0.15, 0.2) is 18.2 Å². The van der Waals surface area contributed by atoms with Crippen molar-refractivity contribution < 1.29 is 14.1 Å². The summed E-state index contributed by atoms with van der Waals surface area (Å²) in [7, 11) is 1.33. The van der Waals surface area contributed by atoms with Gasteiger partial charge in [-0.3, -0.25) is 10.1 Å². The van der Waals surface area contributed by atoms with E-state index in [-0.39, 0.29) is 28.0 Å². The number of aryl methyl sites for hydroxylation is 1. The number of halogens is 2. The zero-order chi connectivity index (χ0) is 20.8. The van der Waals surface area contributed by atoms with Gasteiger partial charge >= 0.3 is 5.69 Å². The highest BCUT2D eigenvalue weighted by Crippen LogP contribution is 2.39. The smallest absolute Gasteiger partial charge is 0.334 e. The lowest BCUT2D eigenvalue weighted by Crippen LogP contribution is -2.25. The molecule has 1 aromatic carbocycles. The summed E-state index contributed by atoms with van der Waals surface area (Å²) in [6, 6.07) is 4.13. The van der Waals surface area contributed by atoms with Gasteiger partial charge in [0.05, 0.1) is 22.7 Å². The number of ether oxygens (including phenoxy) is 1. The van der Waals surface area contributed by atoms with Gasteiger partial charge in [-0.1, -0.05) is 24.9 Å². The van der Waals surface area contributed by atoms with Crippen LogP contribution >= 0.6 is 11.6 Å². The maximum absolute atomic E-state index is 14.1. The molecule has 1 aromatic heterocycles. The van der Waals surface area contributed by atoms with Crippen LogP contribution in [0.25, 0.3) is 0 Å². The molecule has 0 atom stereocenters. The van der Waals surface area contributed by atoms with Gasteiger partial charge in [-0.2, -0.15) is 0 Å². The fourth-order valence-electron chi connectivity index (χ4n) is 2.86. The van der Waals surface area contributed by atoms with Crippen molar-refractivity contribution in [2.24, 2.45) is 0 Å². The molecule has 0 fully saturated rings. The molecule has 0 saturated carbocycles. The summed E-state index contributed by atoms with van der Waals surface area (Å²) in [6.45, 7) is 7.06. The third kappa shape index (κ3) is 4.81. The van der Waals surface area contributed by atoms with Crippen LogP contribution in [0.4, 0.5) is 27.3 Å². The minimum Gasteiger partial charge on any atom is -0.494 e. The van der Waals surface area contributed by atoms with Crippen LogP contribution in [0.5, 0.6) is 5.75 Å². The van der Waals surface area contributed by atoms with E-state index in [2.05, 4.69) is 17.2 Å². The highest BCUT2D eigenvalue weighted by Gasteiger charge is 2.26. The Kier molecular flexibility index (Phi) is 7.39. The van der Waals surface area contributed by atoms with Gasteiger partial charge in [0.25, 0.3) is 0 Å². The molecule has 28 heavy (non-hydrogen) atoms. The molecule has 0 spiro atoms.